The number of rotatable bonds is 0. The van der Waals surface area contributed by atoms with Crippen LogP contribution in [0.1, 0.15) is 6.42 Å². The number of hydrogen-bond donors (Lipinski definition) is 0. The first-order chi connectivity index (χ1) is 3.80. The van der Waals surface area contributed by atoms with Crippen molar-refractivity contribution in [2.75, 3.05) is 13.6 Å². The molecule has 0 aromatic carbocycles. The number of hydrogen-bond acceptors (Lipinski definition) is 1. The fourth-order valence-corrected chi connectivity index (χ4v) is 0.754. The molecule has 44 valence electrons. The van der Waals surface area contributed by atoms with Crippen LogP contribution >= 0.6 is 12.2 Å². The summed E-state index contributed by atoms with van der Waals surface area (Å²) in [6.45, 7) is 1.02. The van der Waals surface area contributed by atoms with E-state index in [0.717, 1.165) is 13.0 Å². The van der Waals surface area contributed by atoms with Gasteiger partial charge >= 0.3 is 0 Å². The van der Waals surface area contributed by atoms with Crippen molar-refractivity contribution < 1.29 is 0 Å². The van der Waals surface area contributed by atoms with Gasteiger partial charge in [0.2, 0.25) is 0 Å². The third-order valence-electron chi connectivity index (χ3n) is 1.12. The van der Waals surface area contributed by atoms with E-state index in [-0.39, 0.29) is 0 Å². The minimum Gasteiger partial charge on any atom is -0.350 e. The van der Waals surface area contributed by atoms with E-state index in [4.69, 9.17) is 12.2 Å². The van der Waals surface area contributed by atoms with E-state index in [1.807, 2.05) is 18.2 Å². The highest BCUT2D eigenvalue weighted by atomic mass is 32.1. The van der Waals surface area contributed by atoms with Gasteiger partial charge in [-0.05, 0) is 12.2 Å². The zero-order valence-electron chi connectivity index (χ0n) is 4.79. The molecule has 2 nitrogen and oxygen atoms in total. The standard InChI is InChI=1S/C5H8N2S/c1-7-4-2-3-6-5(7)8/h3H,2,4H2,1H3. The van der Waals surface area contributed by atoms with Crippen LogP contribution < -0.4 is 0 Å². The van der Waals surface area contributed by atoms with Crippen LogP contribution in [0.2, 0.25) is 0 Å². The molecule has 1 aliphatic heterocycles. The van der Waals surface area contributed by atoms with Gasteiger partial charge in [-0.2, -0.15) is 0 Å². The second kappa shape index (κ2) is 2.22. The molecule has 1 aliphatic rings. The zero-order valence-corrected chi connectivity index (χ0v) is 5.61. The van der Waals surface area contributed by atoms with Gasteiger partial charge in [-0.15, -0.1) is 0 Å². The molecule has 0 bridgehead atoms. The average molecular weight is 128 g/mol. The molecule has 1 rings (SSSR count). The van der Waals surface area contributed by atoms with Crippen LogP contribution in [0.3, 0.4) is 0 Å². The fraction of sp³-hybridized carbons (Fsp3) is 0.600. The predicted molar refractivity (Wildman–Crippen MR) is 38.3 cm³/mol. The normalized spacial score (nSPS) is 19.6. The summed E-state index contributed by atoms with van der Waals surface area (Å²) >= 11 is 4.86. The lowest BCUT2D eigenvalue weighted by Crippen LogP contribution is -2.27. The summed E-state index contributed by atoms with van der Waals surface area (Å²) in [5.74, 6) is 0. The van der Waals surface area contributed by atoms with Gasteiger partial charge in [0.15, 0.2) is 5.11 Å². The molecule has 0 unspecified atom stereocenters. The first-order valence-electron chi connectivity index (χ1n) is 2.58. The third-order valence-corrected chi connectivity index (χ3v) is 1.54. The van der Waals surface area contributed by atoms with E-state index in [9.17, 15) is 0 Å². The highest BCUT2D eigenvalue weighted by Crippen LogP contribution is 1.96. The van der Waals surface area contributed by atoms with Crippen molar-refractivity contribution in [1.29, 1.82) is 0 Å². The van der Waals surface area contributed by atoms with Crippen LogP contribution in [-0.2, 0) is 0 Å². The molecule has 0 saturated heterocycles. The lowest BCUT2D eigenvalue weighted by Gasteiger charge is -2.18. The van der Waals surface area contributed by atoms with E-state index in [1.54, 1.807) is 0 Å². The SMILES string of the molecule is CN1CCC=NC1=S. The van der Waals surface area contributed by atoms with Crippen molar-refractivity contribution in [1.82, 2.24) is 4.90 Å². The van der Waals surface area contributed by atoms with E-state index >= 15 is 0 Å². The summed E-state index contributed by atoms with van der Waals surface area (Å²) in [7, 11) is 1.96. The van der Waals surface area contributed by atoms with E-state index in [0.29, 0.717) is 5.11 Å². The monoisotopic (exact) mass is 128 g/mol. The molecule has 0 atom stereocenters. The van der Waals surface area contributed by atoms with E-state index < -0.39 is 0 Å². The first-order valence-corrected chi connectivity index (χ1v) is 2.99. The first kappa shape index (κ1) is 5.69. The highest BCUT2D eigenvalue weighted by molar-refractivity contribution is 7.80. The zero-order chi connectivity index (χ0) is 5.98. The predicted octanol–water partition coefficient (Wildman–Crippen LogP) is 0.678. The van der Waals surface area contributed by atoms with Gasteiger partial charge < -0.3 is 4.90 Å². The van der Waals surface area contributed by atoms with Crippen LogP contribution in [0.5, 0.6) is 0 Å². The Balaban J connectivity index is 2.60. The quantitative estimate of drug-likeness (QED) is 0.446. The summed E-state index contributed by atoms with van der Waals surface area (Å²) in [6.07, 6.45) is 2.89. The minimum atomic E-state index is 0.705. The molecule has 0 aromatic rings. The smallest absolute Gasteiger partial charge is 0.194 e. The molecule has 8 heavy (non-hydrogen) atoms. The van der Waals surface area contributed by atoms with Crippen LogP contribution in [0, 0.1) is 0 Å². The number of nitrogens with zero attached hydrogens (tertiary/aromatic N) is 2. The third kappa shape index (κ3) is 1.04. The molecule has 0 aromatic heterocycles. The highest BCUT2D eigenvalue weighted by Gasteiger charge is 2.03. The topological polar surface area (TPSA) is 15.6 Å². The maximum Gasteiger partial charge on any atom is 0.194 e. The Bertz CT molecular complexity index is 130. The molecule has 0 amide bonds. The van der Waals surface area contributed by atoms with Crippen molar-refractivity contribution in [3.05, 3.63) is 0 Å². The lowest BCUT2D eigenvalue weighted by atomic mass is 10.4. The maximum atomic E-state index is 4.86. The Labute approximate surface area is 54.2 Å². The summed E-state index contributed by atoms with van der Waals surface area (Å²) in [4.78, 5) is 5.91. The van der Waals surface area contributed by atoms with E-state index in [2.05, 4.69) is 4.99 Å². The maximum absolute atomic E-state index is 4.86. The van der Waals surface area contributed by atoms with Gasteiger partial charge in [-0.3, -0.25) is 0 Å². The van der Waals surface area contributed by atoms with Gasteiger partial charge in [-0.25, -0.2) is 4.99 Å². The Morgan fingerprint density at radius 2 is 2.62 bits per heavy atom. The molecule has 0 N–H and O–H groups in total. The fourth-order valence-electron chi connectivity index (χ4n) is 0.588. The second-order valence-electron chi connectivity index (χ2n) is 1.80. The van der Waals surface area contributed by atoms with Crippen molar-refractivity contribution >= 4 is 23.5 Å². The van der Waals surface area contributed by atoms with Crippen molar-refractivity contribution in [3.63, 3.8) is 0 Å². The van der Waals surface area contributed by atoms with Gasteiger partial charge in [0.25, 0.3) is 0 Å². The Hall–Kier alpha value is -0.440. The molecule has 1 heterocycles. The molecule has 0 saturated carbocycles. The van der Waals surface area contributed by atoms with Crippen molar-refractivity contribution in [3.8, 4) is 0 Å². The average Bonchev–Trinajstić information content (AvgIpc) is 1.77. The number of thiocarbonyl (C=S) groups is 1. The Morgan fingerprint density at radius 1 is 1.88 bits per heavy atom. The minimum absolute atomic E-state index is 0.705. The van der Waals surface area contributed by atoms with Gasteiger partial charge in [-0.1, -0.05) is 0 Å². The summed E-state index contributed by atoms with van der Waals surface area (Å²) in [6, 6.07) is 0. The van der Waals surface area contributed by atoms with Crippen LogP contribution in [-0.4, -0.2) is 29.8 Å². The Morgan fingerprint density at radius 3 is 3.00 bits per heavy atom. The summed E-state index contributed by atoms with van der Waals surface area (Å²) in [5.41, 5.74) is 0. The molecular formula is C5H8N2S. The van der Waals surface area contributed by atoms with Gasteiger partial charge in [0, 0.05) is 26.2 Å². The van der Waals surface area contributed by atoms with Crippen LogP contribution in [0.25, 0.3) is 0 Å². The molecular weight excluding hydrogens is 120 g/mol. The molecule has 0 radical (unpaired) electrons. The molecule has 3 heteroatoms. The Kier molecular flexibility index (Phi) is 1.58. The largest absolute Gasteiger partial charge is 0.350 e. The van der Waals surface area contributed by atoms with Crippen molar-refractivity contribution in [2.24, 2.45) is 4.99 Å². The molecule has 0 spiro atoms. The van der Waals surface area contributed by atoms with E-state index in [1.165, 1.54) is 0 Å². The van der Waals surface area contributed by atoms with Crippen LogP contribution in [0.15, 0.2) is 4.99 Å². The van der Waals surface area contributed by atoms with Gasteiger partial charge in [0.1, 0.15) is 0 Å². The van der Waals surface area contributed by atoms with Crippen molar-refractivity contribution in [2.45, 2.75) is 6.42 Å². The summed E-state index contributed by atoms with van der Waals surface area (Å²) in [5, 5.41) is 0.705. The molecule has 0 aliphatic carbocycles. The summed E-state index contributed by atoms with van der Waals surface area (Å²) < 4.78 is 0. The van der Waals surface area contributed by atoms with Gasteiger partial charge in [0.05, 0.1) is 0 Å². The molecule has 0 fully saturated rings. The lowest BCUT2D eigenvalue weighted by molar-refractivity contribution is 0.517. The van der Waals surface area contributed by atoms with Crippen LogP contribution in [0.4, 0.5) is 0 Å². The second-order valence-corrected chi connectivity index (χ2v) is 2.17. The number of aliphatic imine (C=N–C) groups is 1.